The molecule has 0 bridgehead atoms. The highest BCUT2D eigenvalue weighted by Gasteiger charge is 1.99. The zero-order valence-electron chi connectivity index (χ0n) is 11.3. The molecular weight excluding hydrogens is 202 g/mol. The summed E-state index contributed by atoms with van der Waals surface area (Å²) in [6.45, 7) is 9.12. The fourth-order valence-corrected chi connectivity index (χ4v) is 1.61. The van der Waals surface area contributed by atoms with Crippen molar-refractivity contribution < 1.29 is 9.47 Å². The summed E-state index contributed by atoms with van der Waals surface area (Å²) in [4.78, 5) is 0. The summed E-state index contributed by atoms with van der Waals surface area (Å²) in [7, 11) is 1.73. The Kier molecular flexibility index (Phi) is 12.9. The molecule has 3 heteroatoms. The molecule has 0 radical (unpaired) electrons. The monoisotopic (exact) mass is 231 g/mol. The average molecular weight is 231 g/mol. The van der Waals surface area contributed by atoms with E-state index in [4.69, 9.17) is 9.47 Å². The van der Waals surface area contributed by atoms with Crippen molar-refractivity contribution in [2.45, 2.75) is 39.5 Å². The lowest BCUT2D eigenvalue weighted by Crippen LogP contribution is -2.20. The molecule has 0 heterocycles. The number of nitrogens with one attached hydrogen (secondary N) is 1. The topological polar surface area (TPSA) is 30.5 Å². The maximum absolute atomic E-state index is 5.62. The molecule has 0 aromatic carbocycles. The molecule has 0 spiro atoms. The van der Waals surface area contributed by atoms with Gasteiger partial charge in [0.2, 0.25) is 0 Å². The molecule has 1 atom stereocenters. The van der Waals surface area contributed by atoms with Gasteiger partial charge in [0.1, 0.15) is 0 Å². The quantitative estimate of drug-likeness (QED) is 0.523. The molecule has 0 amide bonds. The zero-order valence-corrected chi connectivity index (χ0v) is 11.3. The van der Waals surface area contributed by atoms with Gasteiger partial charge in [-0.25, -0.2) is 0 Å². The number of rotatable bonds is 12. The van der Waals surface area contributed by atoms with Crippen LogP contribution in [0.5, 0.6) is 0 Å². The second-order valence-corrected chi connectivity index (χ2v) is 4.42. The van der Waals surface area contributed by atoms with Gasteiger partial charge in [0, 0.05) is 26.9 Å². The fourth-order valence-electron chi connectivity index (χ4n) is 1.61. The van der Waals surface area contributed by atoms with Crippen molar-refractivity contribution in [1.82, 2.24) is 5.32 Å². The minimum Gasteiger partial charge on any atom is -0.383 e. The summed E-state index contributed by atoms with van der Waals surface area (Å²) in [5.41, 5.74) is 0. The average Bonchev–Trinajstić information content (AvgIpc) is 2.27. The molecule has 1 N–H and O–H groups in total. The molecule has 98 valence electrons. The van der Waals surface area contributed by atoms with Gasteiger partial charge in [-0.2, -0.15) is 0 Å². The summed E-state index contributed by atoms with van der Waals surface area (Å²) < 4.78 is 10.6. The second kappa shape index (κ2) is 12.9. The second-order valence-electron chi connectivity index (χ2n) is 4.42. The van der Waals surface area contributed by atoms with Crippen LogP contribution in [0.2, 0.25) is 0 Å². The van der Waals surface area contributed by atoms with E-state index < -0.39 is 0 Å². The molecule has 0 saturated carbocycles. The molecule has 16 heavy (non-hydrogen) atoms. The molecule has 0 saturated heterocycles. The van der Waals surface area contributed by atoms with Crippen LogP contribution in [0.1, 0.15) is 39.5 Å². The first-order chi connectivity index (χ1) is 7.81. The van der Waals surface area contributed by atoms with Crippen LogP contribution in [0.3, 0.4) is 0 Å². The molecule has 1 unspecified atom stereocenters. The normalized spacial score (nSPS) is 12.9. The minimum atomic E-state index is 0.713. The molecule has 0 aromatic rings. The lowest BCUT2D eigenvalue weighted by molar-refractivity contribution is 0.0986. The standard InChI is InChI=1S/C13H29NO2/c1-4-7-13(2)12-16-10-6-5-8-14-9-11-15-3/h13-14H,4-12H2,1-3H3. The first kappa shape index (κ1) is 15.9. The highest BCUT2D eigenvalue weighted by atomic mass is 16.5. The summed E-state index contributed by atoms with van der Waals surface area (Å²) in [6, 6.07) is 0. The van der Waals surface area contributed by atoms with Gasteiger partial charge in [-0.05, 0) is 31.7 Å². The van der Waals surface area contributed by atoms with E-state index in [0.29, 0.717) is 5.92 Å². The van der Waals surface area contributed by atoms with E-state index in [1.54, 1.807) is 7.11 Å². The Bertz CT molecular complexity index is 131. The van der Waals surface area contributed by atoms with Crippen LogP contribution in [-0.4, -0.2) is 40.0 Å². The van der Waals surface area contributed by atoms with Crippen molar-refractivity contribution >= 4 is 0 Å². The third-order valence-corrected chi connectivity index (χ3v) is 2.56. The van der Waals surface area contributed by atoms with Gasteiger partial charge < -0.3 is 14.8 Å². The zero-order chi connectivity index (χ0) is 12.1. The molecule has 0 fully saturated rings. The number of unbranched alkanes of at least 4 members (excludes halogenated alkanes) is 1. The van der Waals surface area contributed by atoms with Gasteiger partial charge in [-0.3, -0.25) is 0 Å². The van der Waals surface area contributed by atoms with Gasteiger partial charge >= 0.3 is 0 Å². The Hall–Kier alpha value is -0.120. The van der Waals surface area contributed by atoms with Gasteiger partial charge in [0.25, 0.3) is 0 Å². The van der Waals surface area contributed by atoms with Crippen molar-refractivity contribution in [1.29, 1.82) is 0 Å². The van der Waals surface area contributed by atoms with Gasteiger partial charge in [0.15, 0.2) is 0 Å². The van der Waals surface area contributed by atoms with E-state index in [1.807, 2.05) is 0 Å². The first-order valence-electron chi connectivity index (χ1n) is 6.58. The van der Waals surface area contributed by atoms with Crippen LogP contribution in [0, 0.1) is 5.92 Å². The van der Waals surface area contributed by atoms with Gasteiger partial charge in [-0.15, -0.1) is 0 Å². The van der Waals surface area contributed by atoms with E-state index in [-0.39, 0.29) is 0 Å². The van der Waals surface area contributed by atoms with Crippen LogP contribution >= 0.6 is 0 Å². The van der Waals surface area contributed by atoms with E-state index >= 15 is 0 Å². The van der Waals surface area contributed by atoms with Crippen molar-refractivity contribution in [2.24, 2.45) is 5.92 Å². The van der Waals surface area contributed by atoms with Gasteiger partial charge in [0.05, 0.1) is 6.61 Å². The predicted octanol–water partition coefficient (Wildman–Crippen LogP) is 2.46. The Labute approximate surface area is 101 Å². The van der Waals surface area contributed by atoms with E-state index in [9.17, 15) is 0 Å². The molecule has 0 aromatic heterocycles. The van der Waals surface area contributed by atoms with E-state index in [1.165, 1.54) is 19.3 Å². The van der Waals surface area contributed by atoms with Crippen molar-refractivity contribution in [3.8, 4) is 0 Å². The third-order valence-electron chi connectivity index (χ3n) is 2.56. The number of methoxy groups -OCH3 is 1. The van der Waals surface area contributed by atoms with E-state index in [2.05, 4.69) is 19.2 Å². The highest BCUT2D eigenvalue weighted by Crippen LogP contribution is 2.05. The van der Waals surface area contributed by atoms with Crippen LogP contribution < -0.4 is 5.32 Å². The maximum atomic E-state index is 5.62. The molecular formula is C13H29NO2. The van der Waals surface area contributed by atoms with Crippen LogP contribution in [-0.2, 0) is 9.47 Å². The van der Waals surface area contributed by atoms with Crippen LogP contribution in [0.25, 0.3) is 0 Å². The molecule has 3 nitrogen and oxygen atoms in total. The summed E-state index contributed by atoms with van der Waals surface area (Å²) in [5, 5.41) is 3.33. The number of ether oxygens (including phenoxy) is 2. The molecule has 0 rings (SSSR count). The highest BCUT2D eigenvalue weighted by molar-refractivity contribution is 4.50. The maximum Gasteiger partial charge on any atom is 0.0587 e. The van der Waals surface area contributed by atoms with E-state index in [0.717, 1.165) is 39.3 Å². The smallest absolute Gasteiger partial charge is 0.0587 e. The Morgan fingerprint density at radius 1 is 1.12 bits per heavy atom. The fraction of sp³-hybridized carbons (Fsp3) is 1.00. The number of hydrogen-bond donors (Lipinski definition) is 1. The third kappa shape index (κ3) is 12.0. The minimum absolute atomic E-state index is 0.713. The lowest BCUT2D eigenvalue weighted by Gasteiger charge is -2.10. The van der Waals surface area contributed by atoms with Gasteiger partial charge in [-0.1, -0.05) is 20.3 Å². The van der Waals surface area contributed by atoms with Crippen LogP contribution in [0.4, 0.5) is 0 Å². The Morgan fingerprint density at radius 2 is 1.94 bits per heavy atom. The summed E-state index contributed by atoms with van der Waals surface area (Å²) in [6.07, 6.45) is 4.87. The first-order valence-corrected chi connectivity index (χ1v) is 6.58. The molecule has 0 aliphatic rings. The lowest BCUT2D eigenvalue weighted by atomic mass is 10.1. The largest absolute Gasteiger partial charge is 0.383 e. The Morgan fingerprint density at radius 3 is 2.62 bits per heavy atom. The number of hydrogen-bond acceptors (Lipinski definition) is 3. The molecule has 0 aliphatic carbocycles. The predicted molar refractivity (Wildman–Crippen MR) is 68.9 cm³/mol. The summed E-state index contributed by atoms with van der Waals surface area (Å²) in [5.74, 6) is 0.713. The van der Waals surface area contributed by atoms with Crippen molar-refractivity contribution in [3.63, 3.8) is 0 Å². The molecule has 0 aliphatic heterocycles. The summed E-state index contributed by atoms with van der Waals surface area (Å²) >= 11 is 0. The van der Waals surface area contributed by atoms with Crippen molar-refractivity contribution in [2.75, 3.05) is 40.0 Å². The van der Waals surface area contributed by atoms with Crippen molar-refractivity contribution in [3.05, 3.63) is 0 Å². The SMILES string of the molecule is CCCC(C)COCCCCNCCOC. The Balaban J connectivity index is 2.98. The van der Waals surface area contributed by atoms with Crippen LogP contribution in [0.15, 0.2) is 0 Å².